The van der Waals surface area contributed by atoms with Crippen LogP contribution < -0.4 is 5.32 Å². The summed E-state index contributed by atoms with van der Waals surface area (Å²) in [5.41, 5.74) is -1.81. The first-order valence-corrected chi connectivity index (χ1v) is 6.35. The number of halogens is 2. The van der Waals surface area contributed by atoms with Crippen molar-refractivity contribution >= 4 is 11.9 Å². The number of carbonyl (C=O) groups is 2. The van der Waals surface area contributed by atoms with Gasteiger partial charge in [0.05, 0.1) is 6.61 Å². The molecule has 0 unspecified atom stereocenters. The predicted molar refractivity (Wildman–Crippen MR) is 68.8 cm³/mol. The molecule has 0 aliphatic heterocycles. The molecule has 0 spiro atoms. The van der Waals surface area contributed by atoms with Crippen LogP contribution in [-0.2, 0) is 16.1 Å². The van der Waals surface area contributed by atoms with Gasteiger partial charge in [-0.1, -0.05) is 5.21 Å². The van der Waals surface area contributed by atoms with Gasteiger partial charge >= 0.3 is 5.97 Å². The number of amides is 1. The van der Waals surface area contributed by atoms with Gasteiger partial charge in [0, 0.05) is 5.54 Å². The number of aromatic nitrogens is 3. The number of esters is 1. The van der Waals surface area contributed by atoms with Gasteiger partial charge in [-0.25, -0.2) is 18.3 Å². The Morgan fingerprint density at radius 3 is 2.48 bits per heavy atom. The highest BCUT2D eigenvalue weighted by atomic mass is 19.3. The second-order valence-corrected chi connectivity index (χ2v) is 5.30. The van der Waals surface area contributed by atoms with E-state index in [0.717, 1.165) is 0 Å². The smallest absolute Gasteiger partial charge is 0.361 e. The van der Waals surface area contributed by atoms with Crippen LogP contribution in [0.2, 0.25) is 0 Å². The van der Waals surface area contributed by atoms with Gasteiger partial charge in [-0.2, -0.15) is 0 Å². The normalized spacial score (nSPS) is 11.6. The van der Waals surface area contributed by atoms with Crippen molar-refractivity contribution < 1.29 is 23.1 Å². The van der Waals surface area contributed by atoms with Crippen LogP contribution >= 0.6 is 0 Å². The molecule has 21 heavy (non-hydrogen) atoms. The van der Waals surface area contributed by atoms with Crippen molar-refractivity contribution in [1.29, 1.82) is 0 Å². The molecular formula is C12H18F2N4O3. The average Bonchev–Trinajstić information content (AvgIpc) is 2.70. The molecule has 0 fully saturated rings. The van der Waals surface area contributed by atoms with E-state index < -0.39 is 41.8 Å². The Morgan fingerprint density at radius 1 is 1.38 bits per heavy atom. The van der Waals surface area contributed by atoms with Crippen LogP contribution in [0, 0.1) is 0 Å². The minimum absolute atomic E-state index is 0.0267. The molecule has 1 heterocycles. The van der Waals surface area contributed by atoms with Crippen LogP contribution in [-0.4, -0.2) is 39.0 Å². The van der Waals surface area contributed by atoms with Crippen LogP contribution in [0.15, 0.2) is 0 Å². The Bertz CT molecular complexity index is 523. The van der Waals surface area contributed by atoms with Gasteiger partial charge in [-0.3, -0.25) is 4.79 Å². The third-order valence-corrected chi connectivity index (χ3v) is 2.26. The van der Waals surface area contributed by atoms with Gasteiger partial charge in [0.1, 0.15) is 12.2 Å². The summed E-state index contributed by atoms with van der Waals surface area (Å²) >= 11 is 0. The van der Waals surface area contributed by atoms with Crippen LogP contribution in [0.3, 0.4) is 0 Å². The molecule has 1 aromatic rings. The molecule has 0 aliphatic carbocycles. The molecule has 7 nitrogen and oxygen atoms in total. The highest BCUT2D eigenvalue weighted by Crippen LogP contribution is 2.22. The largest absolute Gasteiger partial charge is 0.461 e. The van der Waals surface area contributed by atoms with Crippen LogP contribution in [0.5, 0.6) is 0 Å². The van der Waals surface area contributed by atoms with Gasteiger partial charge in [0.2, 0.25) is 5.91 Å². The molecule has 1 N–H and O–H groups in total. The number of alkyl halides is 2. The zero-order chi connectivity index (χ0) is 16.2. The Hall–Kier alpha value is -2.06. The highest BCUT2D eigenvalue weighted by Gasteiger charge is 2.28. The zero-order valence-corrected chi connectivity index (χ0v) is 12.3. The molecular weight excluding hydrogens is 286 g/mol. The molecule has 1 amide bonds. The minimum atomic E-state index is -3.00. The Balaban J connectivity index is 2.98. The summed E-state index contributed by atoms with van der Waals surface area (Å²) in [5, 5.41) is 9.43. The lowest BCUT2D eigenvalue weighted by Crippen LogP contribution is -2.42. The summed E-state index contributed by atoms with van der Waals surface area (Å²) in [6, 6.07) is 0. The quantitative estimate of drug-likeness (QED) is 0.829. The molecule has 0 saturated carbocycles. The molecule has 0 aromatic carbocycles. The summed E-state index contributed by atoms with van der Waals surface area (Å²) in [5.74, 6) is -1.50. The molecule has 0 atom stereocenters. The van der Waals surface area contributed by atoms with Crippen molar-refractivity contribution in [2.45, 2.75) is 46.2 Å². The van der Waals surface area contributed by atoms with Gasteiger partial charge in [-0.05, 0) is 27.7 Å². The number of hydrogen-bond donors (Lipinski definition) is 1. The number of rotatable bonds is 5. The maximum atomic E-state index is 13.1. The third kappa shape index (κ3) is 4.76. The van der Waals surface area contributed by atoms with E-state index in [1.54, 1.807) is 27.7 Å². The Labute approximate surface area is 120 Å². The number of nitrogens with zero attached hydrogens (tertiary/aromatic N) is 3. The number of ether oxygens (including phenoxy) is 1. The zero-order valence-electron chi connectivity index (χ0n) is 12.3. The molecule has 1 rings (SSSR count). The van der Waals surface area contributed by atoms with Crippen LogP contribution in [0.4, 0.5) is 8.78 Å². The fourth-order valence-corrected chi connectivity index (χ4v) is 1.59. The first-order valence-electron chi connectivity index (χ1n) is 6.35. The first kappa shape index (κ1) is 17.0. The lowest BCUT2D eigenvalue weighted by Gasteiger charge is -2.20. The second kappa shape index (κ2) is 6.59. The van der Waals surface area contributed by atoms with Gasteiger partial charge in [-0.15, -0.1) is 5.10 Å². The van der Waals surface area contributed by atoms with Gasteiger partial charge in [0.25, 0.3) is 6.43 Å². The molecule has 1 aromatic heterocycles. The fraction of sp³-hybridized carbons (Fsp3) is 0.667. The second-order valence-electron chi connectivity index (χ2n) is 5.30. The Morgan fingerprint density at radius 2 is 2.00 bits per heavy atom. The molecule has 9 heteroatoms. The van der Waals surface area contributed by atoms with E-state index in [1.807, 2.05) is 0 Å². The van der Waals surface area contributed by atoms with Crippen molar-refractivity contribution in [3.63, 3.8) is 0 Å². The predicted octanol–water partition coefficient (Wildman–Crippen LogP) is 1.31. The van der Waals surface area contributed by atoms with Crippen molar-refractivity contribution in [3.8, 4) is 0 Å². The van der Waals surface area contributed by atoms with Crippen LogP contribution in [0.1, 0.15) is 50.3 Å². The maximum Gasteiger partial charge on any atom is 0.361 e. The van der Waals surface area contributed by atoms with Crippen molar-refractivity contribution in [2.75, 3.05) is 6.61 Å². The summed E-state index contributed by atoms with van der Waals surface area (Å²) in [6.45, 7) is 6.38. The molecule has 0 aliphatic rings. The average molecular weight is 304 g/mol. The van der Waals surface area contributed by atoms with Crippen molar-refractivity contribution in [2.24, 2.45) is 0 Å². The van der Waals surface area contributed by atoms with E-state index >= 15 is 0 Å². The summed E-state index contributed by atoms with van der Waals surface area (Å²) in [7, 11) is 0. The summed E-state index contributed by atoms with van der Waals surface area (Å²) < 4.78 is 31.5. The van der Waals surface area contributed by atoms with E-state index in [1.165, 1.54) is 0 Å². The summed E-state index contributed by atoms with van der Waals surface area (Å²) in [6.07, 6.45) is -3.00. The topological polar surface area (TPSA) is 86.1 Å². The maximum absolute atomic E-state index is 13.1. The van der Waals surface area contributed by atoms with E-state index in [2.05, 4.69) is 20.4 Å². The monoisotopic (exact) mass is 304 g/mol. The van der Waals surface area contributed by atoms with Crippen LogP contribution in [0.25, 0.3) is 0 Å². The fourth-order valence-electron chi connectivity index (χ4n) is 1.59. The molecule has 118 valence electrons. The van der Waals surface area contributed by atoms with Crippen molar-refractivity contribution in [1.82, 2.24) is 20.3 Å². The van der Waals surface area contributed by atoms with E-state index in [4.69, 9.17) is 0 Å². The molecule has 0 saturated heterocycles. The van der Waals surface area contributed by atoms with Crippen molar-refractivity contribution in [3.05, 3.63) is 11.4 Å². The van der Waals surface area contributed by atoms with E-state index in [9.17, 15) is 18.4 Å². The SMILES string of the molecule is CCOC(=O)c1nnn(CC(=O)NC(C)(C)C)c1C(F)F. The standard InChI is InChI=1S/C12H18F2N4O3/c1-5-21-11(20)8-9(10(13)14)18(17-16-8)6-7(19)15-12(2,3)4/h10H,5-6H2,1-4H3,(H,15,19). The number of hydrogen-bond acceptors (Lipinski definition) is 5. The van der Waals surface area contributed by atoms with Gasteiger partial charge < -0.3 is 10.1 Å². The summed E-state index contributed by atoms with van der Waals surface area (Å²) in [4.78, 5) is 23.3. The highest BCUT2D eigenvalue weighted by molar-refractivity contribution is 5.88. The molecule has 0 radical (unpaired) electrons. The minimum Gasteiger partial charge on any atom is -0.461 e. The lowest BCUT2D eigenvalue weighted by atomic mass is 10.1. The number of nitrogens with one attached hydrogen (secondary N) is 1. The van der Waals surface area contributed by atoms with Gasteiger partial charge in [0.15, 0.2) is 5.69 Å². The lowest BCUT2D eigenvalue weighted by molar-refractivity contribution is -0.123. The molecule has 0 bridgehead atoms. The number of carbonyl (C=O) groups excluding carboxylic acids is 2. The van der Waals surface area contributed by atoms with E-state index in [0.29, 0.717) is 4.68 Å². The van der Waals surface area contributed by atoms with E-state index in [-0.39, 0.29) is 6.61 Å². The third-order valence-electron chi connectivity index (χ3n) is 2.26. The first-order chi connectivity index (χ1) is 9.65. The Kier molecular flexibility index (Phi) is 5.34.